The van der Waals surface area contributed by atoms with E-state index in [-0.39, 0.29) is 0 Å². The second kappa shape index (κ2) is 6.07. The highest BCUT2D eigenvalue weighted by atomic mass is 16.5. The fourth-order valence-corrected chi connectivity index (χ4v) is 2.52. The first-order valence-corrected chi connectivity index (χ1v) is 7.31. The number of hydrogen-bond acceptors (Lipinski definition) is 4. The number of aromatic nitrogens is 2. The highest BCUT2D eigenvalue weighted by Crippen LogP contribution is 2.36. The third kappa shape index (κ3) is 2.76. The summed E-state index contributed by atoms with van der Waals surface area (Å²) in [5, 5.41) is 4.12. The van der Waals surface area contributed by atoms with E-state index in [0.29, 0.717) is 12.4 Å². The largest absolute Gasteiger partial charge is 0.492 e. The molecule has 2 heterocycles. The van der Waals surface area contributed by atoms with Crippen molar-refractivity contribution in [3.05, 3.63) is 42.1 Å². The van der Waals surface area contributed by atoms with E-state index in [1.165, 1.54) is 5.56 Å². The lowest BCUT2D eigenvalue weighted by Gasteiger charge is -2.14. The van der Waals surface area contributed by atoms with Crippen molar-refractivity contribution in [1.29, 1.82) is 0 Å². The average Bonchev–Trinajstić information content (AvgIpc) is 2.96. The van der Waals surface area contributed by atoms with Crippen molar-refractivity contribution in [3.63, 3.8) is 0 Å². The molecule has 0 radical (unpaired) electrons. The zero-order valence-electron chi connectivity index (χ0n) is 12.8. The number of ether oxygens (including phenoxy) is 1. The molecule has 0 aliphatic rings. The van der Waals surface area contributed by atoms with Gasteiger partial charge in [-0.25, -0.2) is 4.98 Å². The first-order chi connectivity index (χ1) is 10.7. The lowest BCUT2D eigenvalue weighted by Crippen LogP contribution is -2.16. The van der Waals surface area contributed by atoms with Gasteiger partial charge in [0.25, 0.3) is 0 Å². The number of hydrogen-bond donors (Lipinski definition) is 3. The van der Waals surface area contributed by atoms with Crippen molar-refractivity contribution in [1.82, 2.24) is 15.3 Å². The quantitative estimate of drug-likeness (QED) is 0.633. The minimum Gasteiger partial charge on any atom is -0.492 e. The predicted octanol–water partition coefficient (Wildman–Crippen LogP) is 2.72. The summed E-state index contributed by atoms with van der Waals surface area (Å²) in [5.74, 6) is 1.35. The smallest absolute Gasteiger partial charge is 0.140 e. The second-order valence-electron chi connectivity index (χ2n) is 5.29. The molecule has 0 fully saturated rings. The molecule has 0 aliphatic heterocycles. The standard InChI is InChI=1S/C17H20N4O/c1-11-3-4-15(22-8-7-19-2)14(9-11)13-10-16(18)21-17-12(13)5-6-20-17/h3-6,9-10,19H,7-8H2,1-2H3,(H3,18,20,21). The van der Waals surface area contributed by atoms with E-state index in [2.05, 4.69) is 34.3 Å². The molecule has 114 valence electrons. The summed E-state index contributed by atoms with van der Waals surface area (Å²) in [5.41, 5.74) is 9.99. The third-order valence-electron chi connectivity index (χ3n) is 3.58. The number of aromatic amines is 1. The summed E-state index contributed by atoms with van der Waals surface area (Å²) in [4.78, 5) is 7.44. The zero-order valence-corrected chi connectivity index (χ0v) is 12.8. The fraction of sp³-hybridized carbons (Fsp3) is 0.235. The molecule has 3 rings (SSSR count). The Morgan fingerprint density at radius 3 is 2.91 bits per heavy atom. The molecule has 1 aromatic carbocycles. The van der Waals surface area contributed by atoms with Crippen LogP contribution in [0.15, 0.2) is 36.5 Å². The molecule has 22 heavy (non-hydrogen) atoms. The SMILES string of the molecule is CNCCOc1ccc(C)cc1-c1cc(N)nc2[nH]ccc12. The van der Waals surface area contributed by atoms with Crippen LogP contribution >= 0.6 is 0 Å². The maximum atomic E-state index is 5.95. The molecular formula is C17H20N4O. The Balaban J connectivity index is 2.12. The van der Waals surface area contributed by atoms with Gasteiger partial charge in [0.2, 0.25) is 0 Å². The highest BCUT2D eigenvalue weighted by molar-refractivity contribution is 5.96. The van der Waals surface area contributed by atoms with E-state index in [1.807, 2.05) is 31.4 Å². The van der Waals surface area contributed by atoms with E-state index in [9.17, 15) is 0 Å². The number of pyridine rings is 1. The first kappa shape index (κ1) is 14.4. The molecule has 0 atom stereocenters. The molecule has 0 unspecified atom stereocenters. The lowest BCUT2D eigenvalue weighted by atomic mass is 10.0. The monoisotopic (exact) mass is 296 g/mol. The Morgan fingerprint density at radius 2 is 2.09 bits per heavy atom. The highest BCUT2D eigenvalue weighted by Gasteiger charge is 2.13. The number of nitrogens with zero attached hydrogens (tertiary/aromatic N) is 1. The Kier molecular flexibility index (Phi) is 3.98. The fourth-order valence-electron chi connectivity index (χ4n) is 2.52. The summed E-state index contributed by atoms with van der Waals surface area (Å²) in [6, 6.07) is 10.1. The number of aryl methyl sites for hydroxylation is 1. The zero-order chi connectivity index (χ0) is 15.5. The van der Waals surface area contributed by atoms with Crippen LogP contribution in [0.5, 0.6) is 5.75 Å². The van der Waals surface area contributed by atoms with Crippen molar-refractivity contribution in [2.75, 3.05) is 25.9 Å². The summed E-state index contributed by atoms with van der Waals surface area (Å²) >= 11 is 0. The Morgan fingerprint density at radius 1 is 1.23 bits per heavy atom. The van der Waals surface area contributed by atoms with E-state index in [1.54, 1.807) is 0 Å². The molecule has 0 amide bonds. The van der Waals surface area contributed by atoms with Gasteiger partial charge in [0.1, 0.15) is 23.8 Å². The number of nitrogens with two attached hydrogens (primary N) is 1. The summed E-state index contributed by atoms with van der Waals surface area (Å²) in [7, 11) is 1.91. The summed E-state index contributed by atoms with van der Waals surface area (Å²) in [6.45, 7) is 3.48. The third-order valence-corrected chi connectivity index (χ3v) is 3.58. The van der Waals surface area contributed by atoms with Crippen molar-refractivity contribution >= 4 is 16.9 Å². The molecule has 5 nitrogen and oxygen atoms in total. The molecule has 0 saturated heterocycles. The topological polar surface area (TPSA) is 76.0 Å². The molecule has 0 saturated carbocycles. The second-order valence-corrected chi connectivity index (χ2v) is 5.29. The van der Waals surface area contributed by atoms with Gasteiger partial charge in [-0.2, -0.15) is 0 Å². The van der Waals surface area contributed by atoms with Gasteiger partial charge in [-0.3, -0.25) is 0 Å². The van der Waals surface area contributed by atoms with Gasteiger partial charge in [0, 0.05) is 29.3 Å². The van der Waals surface area contributed by atoms with Crippen LogP contribution in [0, 0.1) is 6.92 Å². The molecule has 0 aliphatic carbocycles. The van der Waals surface area contributed by atoms with Crippen LogP contribution in [0.2, 0.25) is 0 Å². The van der Waals surface area contributed by atoms with Gasteiger partial charge >= 0.3 is 0 Å². The van der Waals surface area contributed by atoms with Gasteiger partial charge in [0.05, 0.1) is 0 Å². The Hall–Kier alpha value is -2.53. The number of likely N-dealkylation sites (N-methyl/N-ethyl adjacent to an activating group) is 1. The molecule has 2 aromatic heterocycles. The molecule has 5 heteroatoms. The van der Waals surface area contributed by atoms with Crippen LogP contribution in [0.3, 0.4) is 0 Å². The Labute approximate surface area is 129 Å². The van der Waals surface area contributed by atoms with Crippen LogP contribution < -0.4 is 15.8 Å². The lowest BCUT2D eigenvalue weighted by molar-refractivity contribution is 0.319. The number of nitrogen functional groups attached to an aromatic ring is 1. The van der Waals surface area contributed by atoms with Gasteiger partial charge in [-0.05, 0) is 38.2 Å². The molecule has 0 spiro atoms. The minimum absolute atomic E-state index is 0.493. The van der Waals surface area contributed by atoms with Crippen molar-refractivity contribution in [3.8, 4) is 16.9 Å². The van der Waals surface area contributed by atoms with Gasteiger partial charge in [-0.15, -0.1) is 0 Å². The number of rotatable bonds is 5. The van der Waals surface area contributed by atoms with Crippen LogP contribution in [0.1, 0.15) is 5.56 Å². The van der Waals surface area contributed by atoms with E-state index < -0.39 is 0 Å². The molecule has 4 N–H and O–H groups in total. The first-order valence-electron chi connectivity index (χ1n) is 7.31. The molecule has 3 aromatic rings. The Bertz CT molecular complexity index is 794. The number of anilines is 1. The van der Waals surface area contributed by atoms with Crippen LogP contribution in [-0.4, -0.2) is 30.2 Å². The maximum Gasteiger partial charge on any atom is 0.140 e. The number of fused-ring (bicyclic) bond motifs is 1. The number of benzene rings is 1. The van der Waals surface area contributed by atoms with Crippen LogP contribution in [0.4, 0.5) is 5.82 Å². The average molecular weight is 296 g/mol. The van der Waals surface area contributed by atoms with E-state index >= 15 is 0 Å². The summed E-state index contributed by atoms with van der Waals surface area (Å²) < 4.78 is 5.92. The molecule has 0 bridgehead atoms. The van der Waals surface area contributed by atoms with E-state index in [4.69, 9.17) is 10.5 Å². The molecular weight excluding hydrogens is 276 g/mol. The minimum atomic E-state index is 0.493. The summed E-state index contributed by atoms with van der Waals surface area (Å²) in [6.07, 6.45) is 1.87. The van der Waals surface area contributed by atoms with Gasteiger partial charge < -0.3 is 20.8 Å². The number of H-pyrrole nitrogens is 1. The number of nitrogens with one attached hydrogen (secondary N) is 2. The van der Waals surface area contributed by atoms with Crippen molar-refractivity contribution in [2.45, 2.75) is 6.92 Å². The van der Waals surface area contributed by atoms with Gasteiger partial charge in [-0.1, -0.05) is 11.6 Å². The van der Waals surface area contributed by atoms with Crippen molar-refractivity contribution in [2.24, 2.45) is 0 Å². The van der Waals surface area contributed by atoms with E-state index in [0.717, 1.165) is 34.5 Å². The normalized spacial score (nSPS) is 11.0. The van der Waals surface area contributed by atoms with Crippen LogP contribution in [0.25, 0.3) is 22.2 Å². The van der Waals surface area contributed by atoms with Gasteiger partial charge in [0.15, 0.2) is 0 Å². The van der Waals surface area contributed by atoms with Crippen molar-refractivity contribution < 1.29 is 4.74 Å². The predicted molar refractivity (Wildman–Crippen MR) is 90.1 cm³/mol. The maximum absolute atomic E-state index is 5.95. The van der Waals surface area contributed by atoms with Crippen LogP contribution in [-0.2, 0) is 0 Å².